The molecule has 3 rings (SSSR count). The van der Waals surface area contributed by atoms with E-state index >= 15 is 0 Å². The topological polar surface area (TPSA) is 84.4 Å². The third kappa shape index (κ3) is 6.19. The maximum Gasteiger partial charge on any atom is 0.269 e. The van der Waals surface area contributed by atoms with Gasteiger partial charge in [-0.15, -0.1) is 0 Å². The van der Waals surface area contributed by atoms with Crippen LogP contribution in [-0.4, -0.2) is 53.4 Å². The van der Waals surface area contributed by atoms with E-state index in [4.69, 9.17) is 4.74 Å². The molecule has 2 atom stereocenters. The van der Waals surface area contributed by atoms with Crippen LogP contribution >= 0.6 is 0 Å². The molecule has 178 valence electrons. The van der Waals surface area contributed by atoms with Crippen molar-refractivity contribution in [2.45, 2.75) is 39.2 Å². The van der Waals surface area contributed by atoms with E-state index in [1.165, 1.54) is 7.11 Å². The molecular formula is C27H32N4O3. The van der Waals surface area contributed by atoms with E-state index in [9.17, 15) is 9.59 Å². The van der Waals surface area contributed by atoms with E-state index in [0.717, 1.165) is 11.3 Å². The van der Waals surface area contributed by atoms with Gasteiger partial charge >= 0.3 is 0 Å². The van der Waals surface area contributed by atoms with Gasteiger partial charge < -0.3 is 15.0 Å². The third-order valence-corrected chi connectivity index (χ3v) is 5.95. The molecule has 3 aromatic rings. The lowest BCUT2D eigenvalue weighted by atomic mass is 9.90. The molecule has 2 amide bonds. The summed E-state index contributed by atoms with van der Waals surface area (Å²) in [4.78, 5) is 36.3. The van der Waals surface area contributed by atoms with Crippen LogP contribution in [0.1, 0.15) is 57.1 Å². The van der Waals surface area contributed by atoms with Crippen molar-refractivity contribution in [3.05, 3.63) is 88.9 Å². The van der Waals surface area contributed by atoms with E-state index in [1.54, 1.807) is 30.1 Å². The zero-order valence-corrected chi connectivity index (χ0v) is 20.4. The summed E-state index contributed by atoms with van der Waals surface area (Å²) >= 11 is 0. The number of carbonyl (C=O) groups is 2. The fourth-order valence-corrected chi connectivity index (χ4v) is 4.07. The highest BCUT2D eigenvalue weighted by molar-refractivity contribution is 5.95. The summed E-state index contributed by atoms with van der Waals surface area (Å²) in [5.74, 6) is 0.109. The summed E-state index contributed by atoms with van der Waals surface area (Å²) in [5, 5.41) is 2.95. The van der Waals surface area contributed by atoms with Crippen molar-refractivity contribution in [1.82, 2.24) is 20.2 Å². The Morgan fingerprint density at radius 2 is 1.74 bits per heavy atom. The van der Waals surface area contributed by atoms with E-state index in [0.29, 0.717) is 35.8 Å². The molecule has 0 aliphatic carbocycles. The highest BCUT2D eigenvalue weighted by atomic mass is 16.5. The fourth-order valence-electron chi connectivity index (χ4n) is 4.07. The summed E-state index contributed by atoms with van der Waals surface area (Å²) in [6, 6.07) is 18.7. The molecule has 2 heterocycles. The Balaban J connectivity index is 1.79. The van der Waals surface area contributed by atoms with Gasteiger partial charge in [-0.05, 0) is 44.0 Å². The first-order valence-corrected chi connectivity index (χ1v) is 11.4. The molecule has 0 saturated carbocycles. The maximum absolute atomic E-state index is 13.4. The molecule has 0 aliphatic heterocycles. The number of rotatable bonds is 9. The summed E-state index contributed by atoms with van der Waals surface area (Å²) in [6.45, 7) is 6.20. The summed E-state index contributed by atoms with van der Waals surface area (Å²) in [7, 11) is 3.34. The van der Waals surface area contributed by atoms with Crippen molar-refractivity contribution in [1.29, 1.82) is 0 Å². The highest BCUT2D eigenvalue weighted by Crippen LogP contribution is 2.26. The number of carbonyl (C=O) groups excluding carboxylic acids is 2. The molecule has 0 spiro atoms. The number of pyridine rings is 2. The Kier molecular flexibility index (Phi) is 8.35. The summed E-state index contributed by atoms with van der Waals surface area (Å²) in [5.41, 5.74) is 3.53. The molecule has 7 heteroatoms. The van der Waals surface area contributed by atoms with Crippen LogP contribution < -0.4 is 10.1 Å². The minimum Gasteiger partial charge on any atom is -0.481 e. The van der Waals surface area contributed by atoms with Crippen molar-refractivity contribution >= 4 is 11.8 Å². The zero-order chi connectivity index (χ0) is 24.7. The smallest absolute Gasteiger partial charge is 0.269 e. The molecule has 0 fully saturated rings. The normalized spacial score (nSPS) is 12.5. The lowest BCUT2D eigenvalue weighted by Gasteiger charge is -2.33. The van der Waals surface area contributed by atoms with Gasteiger partial charge in [0, 0.05) is 48.6 Å². The minimum absolute atomic E-state index is 0.0500. The van der Waals surface area contributed by atoms with Crippen molar-refractivity contribution in [2.75, 3.05) is 20.7 Å². The number of methoxy groups -OCH3 is 1. The largest absolute Gasteiger partial charge is 0.481 e. The van der Waals surface area contributed by atoms with Gasteiger partial charge in [-0.25, -0.2) is 9.97 Å². The quantitative estimate of drug-likeness (QED) is 0.518. The molecule has 1 aromatic carbocycles. The number of aromatic nitrogens is 2. The number of hydrogen-bond donors (Lipinski definition) is 1. The number of benzene rings is 1. The van der Waals surface area contributed by atoms with Gasteiger partial charge in [-0.1, -0.05) is 43.3 Å². The third-order valence-electron chi connectivity index (χ3n) is 5.95. The summed E-state index contributed by atoms with van der Waals surface area (Å²) in [6.07, 6.45) is 0.580. The van der Waals surface area contributed by atoms with Gasteiger partial charge in [0.2, 0.25) is 5.88 Å². The molecular weight excluding hydrogens is 428 g/mol. The molecule has 1 N–H and O–H groups in total. The lowest BCUT2D eigenvalue weighted by molar-refractivity contribution is 0.0701. The van der Waals surface area contributed by atoms with Crippen molar-refractivity contribution in [3.63, 3.8) is 0 Å². The Labute approximate surface area is 201 Å². The Bertz CT molecular complexity index is 1130. The van der Waals surface area contributed by atoms with Gasteiger partial charge in [-0.3, -0.25) is 9.59 Å². The Morgan fingerprint density at radius 1 is 1.00 bits per heavy atom. The lowest BCUT2D eigenvalue weighted by Crippen LogP contribution is -2.42. The Morgan fingerprint density at radius 3 is 2.41 bits per heavy atom. The number of nitrogens with zero attached hydrogens (tertiary/aromatic N) is 3. The zero-order valence-electron chi connectivity index (χ0n) is 20.4. The van der Waals surface area contributed by atoms with Gasteiger partial charge in [0.1, 0.15) is 5.69 Å². The van der Waals surface area contributed by atoms with Gasteiger partial charge in [0.15, 0.2) is 0 Å². The number of likely N-dealkylation sites (N-methyl/N-ethyl adjacent to an activating group) is 1. The van der Waals surface area contributed by atoms with Crippen LogP contribution in [0.4, 0.5) is 0 Å². The average Bonchev–Trinajstić information content (AvgIpc) is 2.85. The average molecular weight is 461 g/mol. The first-order chi connectivity index (χ1) is 16.3. The first-order valence-electron chi connectivity index (χ1n) is 11.4. The molecule has 7 nitrogen and oxygen atoms in total. The SMILES string of the molecule is COc1cc(C(=O)N(C)C(CCNC(=O)c2cccc(C)n2)C(C)c2ccccc2)cc(C)n1. The predicted octanol–water partition coefficient (Wildman–Crippen LogP) is 4.17. The second-order valence-electron chi connectivity index (χ2n) is 8.43. The van der Waals surface area contributed by atoms with Crippen LogP contribution in [0.2, 0.25) is 0 Å². The van der Waals surface area contributed by atoms with Crippen LogP contribution in [0.5, 0.6) is 5.88 Å². The minimum atomic E-state index is -0.224. The predicted molar refractivity (Wildman–Crippen MR) is 132 cm³/mol. The number of ether oxygens (including phenoxy) is 1. The number of aryl methyl sites for hydroxylation is 2. The standard InChI is InChI=1S/C27H32N4O3/c1-18-10-9-13-23(29-18)26(32)28-15-14-24(20(3)21-11-7-6-8-12-21)31(4)27(33)22-16-19(2)30-25(17-22)34-5/h6-13,16-17,20,24H,14-15H2,1-5H3,(H,28,32). The van der Waals surface area contributed by atoms with E-state index < -0.39 is 0 Å². The molecule has 2 aromatic heterocycles. The van der Waals surface area contributed by atoms with Crippen molar-refractivity contribution < 1.29 is 14.3 Å². The molecule has 0 saturated heterocycles. The maximum atomic E-state index is 13.4. The molecule has 0 radical (unpaired) electrons. The Hall–Kier alpha value is -3.74. The molecule has 0 bridgehead atoms. The van der Waals surface area contributed by atoms with Crippen LogP contribution in [-0.2, 0) is 0 Å². The monoisotopic (exact) mass is 460 g/mol. The summed E-state index contributed by atoms with van der Waals surface area (Å²) < 4.78 is 5.25. The van der Waals surface area contributed by atoms with Crippen molar-refractivity contribution in [2.24, 2.45) is 0 Å². The highest BCUT2D eigenvalue weighted by Gasteiger charge is 2.28. The van der Waals surface area contributed by atoms with Crippen LogP contribution in [0.25, 0.3) is 0 Å². The van der Waals surface area contributed by atoms with E-state index in [2.05, 4.69) is 34.3 Å². The second-order valence-corrected chi connectivity index (χ2v) is 8.43. The molecule has 2 unspecified atom stereocenters. The number of hydrogen-bond acceptors (Lipinski definition) is 5. The molecule has 34 heavy (non-hydrogen) atoms. The molecule has 0 aliphatic rings. The van der Waals surface area contributed by atoms with Crippen LogP contribution in [0, 0.1) is 13.8 Å². The van der Waals surface area contributed by atoms with Gasteiger partial charge in [-0.2, -0.15) is 0 Å². The van der Waals surface area contributed by atoms with Crippen molar-refractivity contribution in [3.8, 4) is 5.88 Å². The fraction of sp³-hybridized carbons (Fsp3) is 0.333. The second kappa shape index (κ2) is 11.4. The number of amides is 2. The van der Waals surface area contributed by atoms with E-state index in [1.807, 2.05) is 44.2 Å². The van der Waals surface area contributed by atoms with Crippen LogP contribution in [0.15, 0.2) is 60.7 Å². The van der Waals surface area contributed by atoms with E-state index in [-0.39, 0.29) is 23.8 Å². The van der Waals surface area contributed by atoms with Gasteiger partial charge in [0.25, 0.3) is 11.8 Å². The number of nitrogens with one attached hydrogen (secondary N) is 1. The van der Waals surface area contributed by atoms with Crippen LogP contribution in [0.3, 0.4) is 0 Å². The first kappa shape index (κ1) is 24.9. The van der Waals surface area contributed by atoms with Gasteiger partial charge in [0.05, 0.1) is 7.11 Å².